The van der Waals surface area contributed by atoms with Crippen molar-refractivity contribution in [2.24, 2.45) is 5.92 Å². The first-order valence-electron chi connectivity index (χ1n) is 3.74. The Kier molecular flexibility index (Phi) is 2.94. The Bertz CT molecular complexity index is 196. The van der Waals surface area contributed by atoms with Crippen molar-refractivity contribution in [1.29, 1.82) is 0 Å². The van der Waals surface area contributed by atoms with E-state index < -0.39 is 5.97 Å². The molecule has 60 valence electrons. The minimum atomic E-state index is -1.03. The third-order valence-corrected chi connectivity index (χ3v) is 1.68. The second-order valence-electron chi connectivity index (χ2n) is 2.62. The summed E-state index contributed by atoms with van der Waals surface area (Å²) < 4.78 is 0. The van der Waals surface area contributed by atoms with Crippen molar-refractivity contribution in [3.05, 3.63) is 0 Å². The molecule has 1 heterocycles. The average Bonchev–Trinajstić information content (AvgIpc) is 2.03. The molecular formula is C8H11NO2. The fourth-order valence-electron chi connectivity index (χ4n) is 1.14. The van der Waals surface area contributed by atoms with Gasteiger partial charge in [0.1, 0.15) is 0 Å². The molecule has 0 aromatic rings. The molecule has 0 bridgehead atoms. The van der Waals surface area contributed by atoms with E-state index in [1.807, 2.05) is 0 Å². The van der Waals surface area contributed by atoms with Gasteiger partial charge in [0.15, 0.2) is 0 Å². The number of hydrogen-bond acceptors (Lipinski definition) is 2. The molecule has 0 amide bonds. The maximum atomic E-state index is 10.0. The van der Waals surface area contributed by atoms with Gasteiger partial charge in [-0.2, -0.15) is 0 Å². The number of nitrogens with one attached hydrogen (secondary N) is 1. The molecule has 1 atom stereocenters. The molecule has 1 fully saturated rings. The van der Waals surface area contributed by atoms with E-state index in [2.05, 4.69) is 17.2 Å². The van der Waals surface area contributed by atoms with Crippen LogP contribution in [0.2, 0.25) is 0 Å². The predicted octanol–water partition coefficient (Wildman–Crippen LogP) is 0.0740. The summed E-state index contributed by atoms with van der Waals surface area (Å²) in [7, 11) is 0. The maximum Gasteiger partial charge on any atom is 0.381 e. The largest absolute Gasteiger partial charge is 0.472 e. The summed E-state index contributed by atoms with van der Waals surface area (Å²) in [6.07, 6.45) is 2.12. The Balaban J connectivity index is 2.36. The lowest BCUT2D eigenvalue weighted by Crippen LogP contribution is -2.28. The SMILES string of the molecule is O=C(O)C#C[C@@H]1CCCNC1. The van der Waals surface area contributed by atoms with Crippen LogP contribution in [0, 0.1) is 17.8 Å². The van der Waals surface area contributed by atoms with Crippen LogP contribution in [0.15, 0.2) is 0 Å². The van der Waals surface area contributed by atoms with Crippen LogP contribution in [0.4, 0.5) is 0 Å². The number of carbonyl (C=O) groups is 1. The second-order valence-corrected chi connectivity index (χ2v) is 2.62. The number of carboxylic acids is 1. The molecule has 3 heteroatoms. The molecule has 0 saturated carbocycles. The zero-order valence-corrected chi connectivity index (χ0v) is 6.26. The summed E-state index contributed by atoms with van der Waals surface area (Å²) in [5, 5.41) is 11.4. The van der Waals surface area contributed by atoms with Crippen LogP contribution in [-0.2, 0) is 4.79 Å². The van der Waals surface area contributed by atoms with Crippen molar-refractivity contribution in [3.63, 3.8) is 0 Å². The van der Waals surface area contributed by atoms with Crippen LogP contribution in [0.25, 0.3) is 0 Å². The molecule has 1 aliphatic heterocycles. The van der Waals surface area contributed by atoms with Crippen LogP contribution in [0.1, 0.15) is 12.8 Å². The molecule has 0 aromatic heterocycles. The Morgan fingerprint density at radius 2 is 2.45 bits per heavy atom. The lowest BCUT2D eigenvalue weighted by molar-refractivity contribution is -0.130. The van der Waals surface area contributed by atoms with E-state index in [-0.39, 0.29) is 5.92 Å². The molecule has 0 aliphatic carbocycles. The molecule has 0 unspecified atom stereocenters. The van der Waals surface area contributed by atoms with Crippen molar-refractivity contribution in [2.45, 2.75) is 12.8 Å². The van der Waals surface area contributed by atoms with Crippen molar-refractivity contribution in [3.8, 4) is 11.8 Å². The van der Waals surface area contributed by atoms with Crippen LogP contribution in [0.5, 0.6) is 0 Å². The minimum Gasteiger partial charge on any atom is -0.472 e. The topological polar surface area (TPSA) is 49.3 Å². The first-order valence-corrected chi connectivity index (χ1v) is 3.74. The number of carboxylic acid groups (broad SMARTS) is 1. The van der Waals surface area contributed by atoms with E-state index in [4.69, 9.17) is 5.11 Å². The van der Waals surface area contributed by atoms with Crippen LogP contribution in [-0.4, -0.2) is 24.2 Å². The minimum absolute atomic E-state index is 0.236. The Labute approximate surface area is 65.8 Å². The van der Waals surface area contributed by atoms with E-state index in [1.165, 1.54) is 0 Å². The Morgan fingerprint density at radius 3 is 3.00 bits per heavy atom. The molecule has 2 N–H and O–H groups in total. The fraction of sp³-hybridized carbons (Fsp3) is 0.625. The van der Waals surface area contributed by atoms with Crippen LogP contribution >= 0.6 is 0 Å². The van der Waals surface area contributed by atoms with E-state index in [1.54, 1.807) is 0 Å². The van der Waals surface area contributed by atoms with Crippen molar-refractivity contribution < 1.29 is 9.90 Å². The van der Waals surface area contributed by atoms with Gasteiger partial charge < -0.3 is 10.4 Å². The molecule has 3 nitrogen and oxygen atoms in total. The van der Waals surface area contributed by atoms with Crippen LogP contribution < -0.4 is 5.32 Å². The zero-order valence-electron chi connectivity index (χ0n) is 6.26. The van der Waals surface area contributed by atoms with Crippen molar-refractivity contribution >= 4 is 5.97 Å². The first kappa shape index (κ1) is 8.09. The highest BCUT2D eigenvalue weighted by Gasteiger charge is 2.09. The first-order chi connectivity index (χ1) is 5.29. The summed E-state index contributed by atoms with van der Waals surface area (Å²) in [6.45, 7) is 1.87. The van der Waals surface area contributed by atoms with Gasteiger partial charge in [-0.15, -0.1) is 0 Å². The molecule has 0 spiro atoms. The molecular weight excluding hydrogens is 142 g/mol. The lowest BCUT2D eigenvalue weighted by atomic mass is 10.0. The molecule has 1 aliphatic rings. The summed E-state index contributed by atoms with van der Waals surface area (Å²) in [5.41, 5.74) is 0. The van der Waals surface area contributed by atoms with Gasteiger partial charge in [-0.1, -0.05) is 5.92 Å². The standard InChI is InChI=1S/C8H11NO2/c10-8(11)4-3-7-2-1-5-9-6-7/h7,9H,1-2,5-6H2,(H,10,11)/t7-/m0/s1. The van der Waals surface area contributed by atoms with E-state index in [0.29, 0.717) is 0 Å². The summed E-state index contributed by atoms with van der Waals surface area (Å²) in [6, 6.07) is 0. The van der Waals surface area contributed by atoms with Gasteiger partial charge in [-0.25, -0.2) is 4.79 Å². The smallest absolute Gasteiger partial charge is 0.381 e. The Morgan fingerprint density at radius 1 is 1.64 bits per heavy atom. The number of hydrogen-bond donors (Lipinski definition) is 2. The summed E-state index contributed by atoms with van der Waals surface area (Å²) in [4.78, 5) is 10.0. The number of aliphatic carboxylic acids is 1. The van der Waals surface area contributed by atoms with Gasteiger partial charge in [0, 0.05) is 18.4 Å². The molecule has 1 saturated heterocycles. The van der Waals surface area contributed by atoms with Gasteiger partial charge in [0.05, 0.1) is 0 Å². The van der Waals surface area contributed by atoms with Crippen molar-refractivity contribution in [1.82, 2.24) is 5.32 Å². The van der Waals surface area contributed by atoms with Crippen molar-refractivity contribution in [2.75, 3.05) is 13.1 Å². The van der Waals surface area contributed by atoms with Gasteiger partial charge in [0.25, 0.3) is 0 Å². The highest BCUT2D eigenvalue weighted by atomic mass is 16.4. The lowest BCUT2D eigenvalue weighted by Gasteiger charge is -2.16. The molecule has 11 heavy (non-hydrogen) atoms. The van der Waals surface area contributed by atoms with E-state index in [0.717, 1.165) is 25.9 Å². The molecule has 1 rings (SSSR count). The highest BCUT2D eigenvalue weighted by Crippen LogP contribution is 2.07. The third kappa shape index (κ3) is 3.06. The predicted molar refractivity (Wildman–Crippen MR) is 41.0 cm³/mol. The zero-order chi connectivity index (χ0) is 8.10. The molecule has 0 radical (unpaired) electrons. The second kappa shape index (κ2) is 3.99. The van der Waals surface area contributed by atoms with E-state index in [9.17, 15) is 4.79 Å². The van der Waals surface area contributed by atoms with Crippen LogP contribution in [0.3, 0.4) is 0 Å². The maximum absolute atomic E-state index is 10.0. The normalized spacial score (nSPS) is 23.5. The third-order valence-electron chi connectivity index (χ3n) is 1.68. The number of rotatable bonds is 0. The quantitative estimate of drug-likeness (QED) is 0.484. The monoisotopic (exact) mass is 153 g/mol. The molecule has 0 aromatic carbocycles. The van der Waals surface area contributed by atoms with Gasteiger partial charge in [-0.3, -0.25) is 0 Å². The highest BCUT2D eigenvalue weighted by molar-refractivity contribution is 5.86. The Hall–Kier alpha value is -1.01. The van der Waals surface area contributed by atoms with Gasteiger partial charge in [-0.05, 0) is 19.4 Å². The van der Waals surface area contributed by atoms with E-state index >= 15 is 0 Å². The summed E-state index contributed by atoms with van der Waals surface area (Å²) >= 11 is 0. The van der Waals surface area contributed by atoms with Gasteiger partial charge in [0.2, 0.25) is 0 Å². The van der Waals surface area contributed by atoms with Gasteiger partial charge >= 0.3 is 5.97 Å². The fourth-order valence-corrected chi connectivity index (χ4v) is 1.14. The number of piperidine rings is 1. The average molecular weight is 153 g/mol. The summed E-state index contributed by atoms with van der Waals surface area (Å²) in [5.74, 6) is 4.05.